The monoisotopic (exact) mass is 264 g/mol. The molecule has 1 fully saturated rings. The number of hydrogen-bond acceptors (Lipinski definition) is 4. The molecule has 0 aliphatic carbocycles. The first-order valence-corrected chi connectivity index (χ1v) is 6.13. The first kappa shape index (κ1) is 12.7. The zero-order valence-corrected chi connectivity index (χ0v) is 10.5. The van der Waals surface area contributed by atoms with Gasteiger partial charge in [-0.25, -0.2) is 4.98 Å². The minimum absolute atomic E-state index is 0.248. The van der Waals surface area contributed by atoms with Crippen molar-refractivity contribution >= 4 is 23.3 Å². The van der Waals surface area contributed by atoms with E-state index in [0.717, 1.165) is 12.8 Å². The number of carbonyl (C=O) groups is 1. The predicted octanol–water partition coefficient (Wildman–Crippen LogP) is 1.45. The average Bonchev–Trinajstić information content (AvgIpc) is 2.38. The number of pyridine rings is 1. The van der Waals surface area contributed by atoms with Crippen molar-refractivity contribution in [2.24, 2.45) is 5.73 Å². The quantitative estimate of drug-likeness (QED) is 0.820. The fourth-order valence-electron chi connectivity index (χ4n) is 2.20. The van der Waals surface area contributed by atoms with Gasteiger partial charge in [-0.05, 0) is 31.4 Å². The Kier molecular flexibility index (Phi) is 3.68. The minimum atomic E-state index is -0.366. The van der Waals surface area contributed by atoms with Crippen LogP contribution < -0.4 is 10.6 Å². The van der Waals surface area contributed by atoms with Crippen LogP contribution in [-0.4, -0.2) is 23.5 Å². The summed E-state index contributed by atoms with van der Waals surface area (Å²) in [6, 6.07) is 4.79. The number of halogens is 1. The van der Waals surface area contributed by atoms with Crippen molar-refractivity contribution in [3.8, 4) is 6.07 Å². The summed E-state index contributed by atoms with van der Waals surface area (Å²) in [6.45, 7) is 0.700. The van der Waals surface area contributed by atoms with Crippen LogP contribution in [0.5, 0.6) is 0 Å². The molecule has 94 valence electrons. The molecule has 1 aromatic rings. The van der Waals surface area contributed by atoms with Crippen LogP contribution in [0.4, 0.5) is 5.82 Å². The van der Waals surface area contributed by atoms with Gasteiger partial charge in [0.05, 0.1) is 11.6 Å². The Morgan fingerprint density at radius 2 is 2.33 bits per heavy atom. The van der Waals surface area contributed by atoms with Crippen LogP contribution in [0.2, 0.25) is 5.15 Å². The highest BCUT2D eigenvalue weighted by Crippen LogP contribution is 2.25. The first-order chi connectivity index (χ1) is 8.61. The lowest BCUT2D eigenvalue weighted by molar-refractivity contribution is -0.119. The Balaban J connectivity index is 2.36. The molecule has 0 saturated carbocycles. The van der Waals surface area contributed by atoms with Gasteiger partial charge in [-0.1, -0.05) is 11.6 Å². The summed E-state index contributed by atoms with van der Waals surface area (Å²) < 4.78 is 0. The van der Waals surface area contributed by atoms with E-state index < -0.39 is 0 Å². The number of anilines is 1. The van der Waals surface area contributed by atoms with E-state index in [4.69, 9.17) is 22.6 Å². The van der Waals surface area contributed by atoms with Gasteiger partial charge in [-0.3, -0.25) is 4.79 Å². The maximum atomic E-state index is 11.4. The van der Waals surface area contributed by atoms with Crippen LogP contribution in [-0.2, 0) is 4.79 Å². The van der Waals surface area contributed by atoms with E-state index in [1.165, 1.54) is 6.07 Å². The van der Waals surface area contributed by atoms with Crippen LogP contribution in [0.1, 0.15) is 24.8 Å². The maximum absolute atomic E-state index is 11.4. The highest BCUT2D eigenvalue weighted by atomic mass is 35.5. The van der Waals surface area contributed by atoms with Crippen molar-refractivity contribution < 1.29 is 4.79 Å². The van der Waals surface area contributed by atoms with Gasteiger partial charge < -0.3 is 10.6 Å². The van der Waals surface area contributed by atoms with Gasteiger partial charge in [0.2, 0.25) is 5.91 Å². The second-order valence-corrected chi connectivity index (χ2v) is 4.64. The van der Waals surface area contributed by atoms with Crippen LogP contribution in [0.15, 0.2) is 12.1 Å². The predicted molar refractivity (Wildman–Crippen MR) is 68.1 cm³/mol. The number of nitrogens with two attached hydrogens (primary N) is 1. The molecule has 0 aromatic carbocycles. The molecule has 18 heavy (non-hydrogen) atoms. The van der Waals surface area contributed by atoms with E-state index in [1.54, 1.807) is 6.07 Å². The molecule has 1 atom stereocenters. The number of nitriles is 1. The highest BCUT2D eigenvalue weighted by molar-refractivity contribution is 6.29. The Morgan fingerprint density at radius 1 is 1.56 bits per heavy atom. The zero-order chi connectivity index (χ0) is 13.1. The Hall–Kier alpha value is -1.80. The normalized spacial score (nSPS) is 19.3. The molecular formula is C12H13ClN4O. The first-order valence-electron chi connectivity index (χ1n) is 5.75. The van der Waals surface area contributed by atoms with E-state index in [0.29, 0.717) is 24.3 Å². The Morgan fingerprint density at radius 3 is 3.00 bits per heavy atom. The number of primary amides is 1. The molecule has 5 nitrogen and oxygen atoms in total. The molecule has 1 unspecified atom stereocenters. The van der Waals surface area contributed by atoms with Gasteiger partial charge in [0.25, 0.3) is 0 Å². The summed E-state index contributed by atoms with van der Waals surface area (Å²) in [5, 5.41) is 9.16. The van der Waals surface area contributed by atoms with Gasteiger partial charge in [0.15, 0.2) is 0 Å². The smallest absolute Gasteiger partial charge is 0.240 e. The van der Waals surface area contributed by atoms with Crippen molar-refractivity contribution in [1.29, 1.82) is 5.26 Å². The largest absolute Gasteiger partial charge is 0.368 e. The summed E-state index contributed by atoms with van der Waals surface area (Å²) in [5.74, 6) is 0.178. The summed E-state index contributed by atoms with van der Waals surface area (Å²) in [4.78, 5) is 17.4. The van der Waals surface area contributed by atoms with Crippen molar-refractivity contribution in [3.63, 3.8) is 0 Å². The summed E-state index contributed by atoms with van der Waals surface area (Å²) >= 11 is 5.87. The molecule has 0 spiro atoms. The number of piperidine rings is 1. The van der Waals surface area contributed by atoms with Crippen LogP contribution >= 0.6 is 11.6 Å². The summed E-state index contributed by atoms with van der Waals surface area (Å²) in [6.07, 6.45) is 2.65. The molecule has 1 saturated heterocycles. The standard InChI is InChI=1S/C12H13ClN4O/c13-10-5-8(7-14)6-11(16-10)17-4-2-1-3-9(17)12(15)18/h5-6,9H,1-4H2,(H2,15,18). The fraction of sp³-hybridized carbons (Fsp3) is 0.417. The highest BCUT2D eigenvalue weighted by Gasteiger charge is 2.28. The molecule has 2 N–H and O–H groups in total. The van der Waals surface area contributed by atoms with E-state index in [1.807, 2.05) is 11.0 Å². The van der Waals surface area contributed by atoms with Crippen molar-refractivity contribution in [1.82, 2.24) is 4.98 Å². The van der Waals surface area contributed by atoms with Crippen LogP contribution in [0.25, 0.3) is 0 Å². The van der Waals surface area contributed by atoms with E-state index in [9.17, 15) is 4.79 Å². The van der Waals surface area contributed by atoms with E-state index in [2.05, 4.69) is 4.98 Å². The molecular weight excluding hydrogens is 252 g/mol. The molecule has 0 radical (unpaired) electrons. The second kappa shape index (κ2) is 5.23. The lowest BCUT2D eigenvalue weighted by Gasteiger charge is -2.34. The number of aromatic nitrogens is 1. The SMILES string of the molecule is N#Cc1cc(Cl)nc(N2CCCCC2C(N)=O)c1. The molecule has 6 heteroatoms. The van der Waals surface area contributed by atoms with Crippen molar-refractivity contribution in [2.75, 3.05) is 11.4 Å². The minimum Gasteiger partial charge on any atom is -0.368 e. The lowest BCUT2D eigenvalue weighted by atomic mass is 10.0. The van der Waals surface area contributed by atoms with Gasteiger partial charge in [-0.15, -0.1) is 0 Å². The molecule has 2 rings (SSSR count). The maximum Gasteiger partial charge on any atom is 0.240 e. The van der Waals surface area contributed by atoms with Crippen molar-refractivity contribution in [2.45, 2.75) is 25.3 Å². The van der Waals surface area contributed by atoms with Crippen LogP contribution in [0.3, 0.4) is 0 Å². The Bertz CT molecular complexity index is 511. The molecule has 1 aliphatic heterocycles. The molecule has 1 amide bonds. The summed E-state index contributed by atoms with van der Waals surface area (Å²) in [5.41, 5.74) is 5.83. The molecule has 1 aromatic heterocycles. The van der Waals surface area contributed by atoms with Gasteiger partial charge in [0, 0.05) is 6.54 Å². The number of rotatable bonds is 2. The summed E-state index contributed by atoms with van der Waals surface area (Å²) in [7, 11) is 0. The second-order valence-electron chi connectivity index (χ2n) is 4.26. The topological polar surface area (TPSA) is 83.0 Å². The van der Waals surface area contributed by atoms with Gasteiger partial charge in [0.1, 0.15) is 17.0 Å². The number of amides is 1. The number of hydrogen-bond donors (Lipinski definition) is 1. The third kappa shape index (κ3) is 2.54. The number of nitrogens with zero attached hydrogens (tertiary/aromatic N) is 3. The lowest BCUT2D eigenvalue weighted by Crippen LogP contribution is -2.48. The third-order valence-corrected chi connectivity index (χ3v) is 3.23. The molecule has 1 aliphatic rings. The van der Waals surface area contributed by atoms with Gasteiger partial charge >= 0.3 is 0 Å². The Labute approximate surface area is 110 Å². The van der Waals surface area contributed by atoms with E-state index in [-0.39, 0.29) is 17.1 Å². The average molecular weight is 265 g/mol. The fourth-order valence-corrected chi connectivity index (χ4v) is 2.40. The van der Waals surface area contributed by atoms with Crippen LogP contribution in [0, 0.1) is 11.3 Å². The molecule has 2 heterocycles. The molecule has 0 bridgehead atoms. The van der Waals surface area contributed by atoms with E-state index >= 15 is 0 Å². The van der Waals surface area contributed by atoms with Gasteiger partial charge in [-0.2, -0.15) is 5.26 Å². The van der Waals surface area contributed by atoms with Crippen molar-refractivity contribution in [3.05, 3.63) is 22.8 Å². The third-order valence-electron chi connectivity index (χ3n) is 3.04. The zero-order valence-electron chi connectivity index (χ0n) is 9.77. The number of carbonyl (C=O) groups excluding carboxylic acids is 1.